The molecule has 0 rings (SSSR count). The average Bonchev–Trinajstić information content (AvgIpc) is 2.12. The first kappa shape index (κ1) is 15.9. The molecule has 0 aliphatic heterocycles. The van der Waals surface area contributed by atoms with Gasteiger partial charge < -0.3 is 5.32 Å². The molecule has 3 nitrogen and oxygen atoms in total. The van der Waals surface area contributed by atoms with Crippen LogP contribution in [0.25, 0.3) is 0 Å². The number of rotatable bonds is 9. The molecule has 0 saturated heterocycles. The molecule has 4 heteroatoms. The van der Waals surface area contributed by atoms with E-state index in [1.165, 1.54) is 6.26 Å². The Kier molecular flexibility index (Phi) is 8.02. The Morgan fingerprint density at radius 1 is 1.25 bits per heavy atom. The summed E-state index contributed by atoms with van der Waals surface area (Å²) in [6.07, 6.45) is 4.33. The molecule has 0 fully saturated rings. The highest BCUT2D eigenvalue weighted by Gasteiger charge is 2.13. The highest BCUT2D eigenvalue weighted by Crippen LogP contribution is 2.15. The predicted molar refractivity (Wildman–Crippen MR) is 70.4 cm³/mol. The number of sulfone groups is 1. The van der Waals surface area contributed by atoms with Crippen molar-refractivity contribution in [3.05, 3.63) is 0 Å². The molecule has 0 aromatic heterocycles. The quantitative estimate of drug-likeness (QED) is 0.636. The summed E-state index contributed by atoms with van der Waals surface area (Å²) in [4.78, 5) is 0. The van der Waals surface area contributed by atoms with Gasteiger partial charge in [0.1, 0.15) is 9.84 Å². The van der Waals surface area contributed by atoms with Crippen LogP contribution in [-0.4, -0.2) is 33.5 Å². The van der Waals surface area contributed by atoms with E-state index in [-0.39, 0.29) is 0 Å². The monoisotopic (exact) mass is 249 g/mol. The van der Waals surface area contributed by atoms with Crippen molar-refractivity contribution >= 4 is 9.84 Å². The van der Waals surface area contributed by atoms with Crippen molar-refractivity contribution in [3.8, 4) is 0 Å². The van der Waals surface area contributed by atoms with Gasteiger partial charge in [-0.05, 0) is 44.2 Å². The van der Waals surface area contributed by atoms with Gasteiger partial charge in [-0.25, -0.2) is 8.42 Å². The Balaban J connectivity index is 3.99. The van der Waals surface area contributed by atoms with E-state index >= 15 is 0 Å². The molecule has 0 spiro atoms. The molecule has 1 atom stereocenters. The summed E-state index contributed by atoms with van der Waals surface area (Å²) in [6, 6.07) is 0. The fourth-order valence-electron chi connectivity index (χ4n) is 1.83. The lowest BCUT2D eigenvalue weighted by atomic mass is 9.95. The van der Waals surface area contributed by atoms with Gasteiger partial charge in [0, 0.05) is 6.26 Å². The SMILES string of the molecule is CCCNCC(CCS(C)(=O)=O)CC(C)C. The van der Waals surface area contributed by atoms with Gasteiger partial charge in [-0.2, -0.15) is 0 Å². The largest absolute Gasteiger partial charge is 0.316 e. The third-order valence-electron chi connectivity index (χ3n) is 2.56. The minimum absolute atomic E-state index is 0.318. The lowest BCUT2D eigenvalue weighted by molar-refractivity contribution is 0.378. The lowest BCUT2D eigenvalue weighted by Gasteiger charge is -2.19. The Morgan fingerprint density at radius 3 is 2.31 bits per heavy atom. The Hall–Kier alpha value is -0.0900. The summed E-state index contributed by atoms with van der Waals surface area (Å²) in [5, 5.41) is 3.38. The smallest absolute Gasteiger partial charge is 0.147 e. The van der Waals surface area contributed by atoms with E-state index in [2.05, 4.69) is 26.1 Å². The zero-order chi connectivity index (χ0) is 12.6. The molecule has 0 radical (unpaired) electrons. The van der Waals surface area contributed by atoms with E-state index in [1.54, 1.807) is 0 Å². The molecule has 0 aromatic carbocycles. The molecule has 0 aliphatic carbocycles. The van der Waals surface area contributed by atoms with Crippen LogP contribution in [-0.2, 0) is 9.84 Å². The molecular formula is C12H27NO2S. The Morgan fingerprint density at radius 2 is 1.88 bits per heavy atom. The van der Waals surface area contributed by atoms with Crippen molar-refractivity contribution in [2.24, 2.45) is 11.8 Å². The number of hydrogen-bond donors (Lipinski definition) is 1. The zero-order valence-corrected chi connectivity index (χ0v) is 11.9. The van der Waals surface area contributed by atoms with E-state index < -0.39 is 9.84 Å². The predicted octanol–water partition coefficient (Wildman–Crippen LogP) is 2.08. The van der Waals surface area contributed by atoms with Crippen molar-refractivity contribution in [3.63, 3.8) is 0 Å². The second-order valence-corrected chi connectivity index (χ2v) is 7.38. The molecule has 1 N–H and O–H groups in total. The first-order valence-electron chi connectivity index (χ1n) is 6.23. The number of hydrogen-bond acceptors (Lipinski definition) is 3. The fraction of sp³-hybridized carbons (Fsp3) is 1.00. The molecule has 16 heavy (non-hydrogen) atoms. The van der Waals surface area contributed by atoms with E-state index in [1.807, 2.05) is 0 Å². The van der Waals surface area contributed by atoms with Crippen molar-refractivity contribution in [1.29, 1.82) is 0 Å². The average molecular weight is 249 g/mol. The summed E-state index contributed by atoms with van der Waals surface area (Å²) in [6.45, 7) is 8.48. The summed E-state index contributed by atoms with van der Waals surface area (Å²) >= 11 is 0. The molecule has 0 heterocycles. The van der Waals surface area contributed by atoms with Gasteiger partial charge in [-0.3, -0.25) is 0 Å². The maximum atomic E-state index is 11.1. The first-order chi connectivity index (χ1) is 7.35. The maximum Gasteiger partial charge on any atom is 0.147 e. The molecule has 98 valence electrons. The van der Waals surface area contributed by atoms with E-state index in [0.717, 1.165) is 32.4 Å². The standard InChI is InChI=1S/C12H27NO2S/c1-5-7-13-10-12(9-11(2)3)6-8-16(4,14)15/h11-13H,5-10H2,1-4H3. The van der Waals surface area contributed by atoms with Crippen LogP contribution >= 0.6 is 0 Å². The second-order valence-electron chi connectivity index (χ2n) is 5.12. The van der Waals surface area contributed by atoms with Crippen molar-refractivity contribution in [1.82, 2.24) is 5.32 Å². The molecule has 0 saturated carbocycles. The highest BCUT2D eigenvalue weighted by atomic mass is 32.2. The van der Waals surface area contributed by atoms with E-state index in [9.17, 15) is 8.42 Å². The minimum atomic E-state index is -2.81. The molecule has 0 amide bonds. The van der Waals surface area contributed by atoms with Crippen LogP contribution in [0.1, 0.15) is 40.0 Å². The van der Waals surface area contributed by atoms with Crippen LogP contribution in [0.2, 0.25) is 0 Å². The summed E-state index contributed by atoms with van der Waals surface area (Å²) < 4.78 is 22.3. The summed E-state index contributed by atoms with van der Waals surface area (Å²) in [5.41, 5.74) is 0. The topological polar surface area (TPSA) is 46.2 Å². The normalized spacial score (nSPS) is 14.3. The van der Waals surface area contributed by atoms with E-state index in [4.69, 9.17) is 0 Å². The minimum Gasteiger partial charge on any atom is -0.316 e. The number of nitrogens with one attached hydrogen (secondary N) is 1. The van der Waals surface area contributed by atoms with Crippen molar-refractivity contribution in [2.45, 2.75) is 40.0 Å². The second kappa shape index (κ2) is 8.07. The van der Waals surface area contributed by atoms with Crippen LogP contribution in [0.3, 0.4) is 0 Å². The van der Waals surface area contributed by atoms with Crippen LogP contribution in [0, 0.1) is 11.8 Å². The Labute approximate surface area is 101 Å². The molecular weight excluding hydrogens is 222 g/mol. The van der Waals surface area contributed by atoms with Crippen LogP contribution in [0.5, 0.6) is 0 Å². The van der Waals surface area contributed by atoms with Gasteiger partial charge >= 0.3 is 0 Å². The van der Waals surface area contributed by atoms with Crippen LogP contribution in [0.15, 0.2) is 0 Å². The highest BCUT2D eigenvalue weighted by molar-refractivity contribution is 7.90. The molecule has 0 aliphatic rings. The van der Waals surface area contributed by atoms with Crippen molar-refractivity contribution in [2.75, 3.05) is 25.1 Å². The fourth-order valence-corrected chi connectivity index (χ4v) is 2.60. The molecule has 1 unspecified atom stereocenters. The van der Waals surface area contributed by atoms with Crippen LogP contribution in [0.4, 0.5) is 0 Å². The zero-order valence-electron chi connectivity index (χ0n) is 11.1. The first-order valence-corrected chi connectivity index (χ1v) is 8.29. The van der Waals surface area contributed by atoms with Gasteiger partial charge in [-0.15, -0.1) is 0 Å². The van der Waals surface area contributed by atoms with Gasteiger partial charge in [-0.1, -0.05) is 20.8 Å². The van der Waals surface area contributed by atoms with Gasteiger partial charge in [0.25, 0.3) is 0 Å². The summed E-state index contributed by atoms with van der Waals surface area (Å²) in [5.74, 6) is 1.44. The molecule has 0 aromatic rings. The maximum absolute atomic E-state index is 11.1. The van der Waals surface area contributed by atoms with Gasteiger partial charge in [0.2, 0.25) is 0 Å². The Bertz CT molecular complexity index is 260. The van der Waals surface area contributed by atoms with Gasteiger partial charge in [0.15, 0.2) is 0 Å². The van der Waals surface area contributed by atoms with Crippen molar-refractivity contribution < 1.29 is 8.42 Å². The van der Waals surface area contributed by atoms with Gasteiger partial charge in [0.05, 0.1) is 5.75 Å². The summed E-state index contributed by atoms with van der Waals surface area (Å²) in [7, 11) is -2.81. The third-order valence-corrected chi connectivity index (χ3v) is 3.54. The lowest BCUT2D eigenvalue weighted by Crippen LogP contribution is -2.26. The van der Waals surface area contributed by atoms with Crippen LogP contribution < -0.4 is 5.32 Å². The van der Waals surface area contributed by atoms with E-state index in [0.29, 0.717) is 17.6 Å². The molecule has 0 bridgehead atoms. The third kappa shape index (κ3) is 10.4.